The van der Waals surface area contributed by atoms with Crippen LogP contribution < -0.4 is 10.1 Å². The predicted molar refractivity (Wildman–Crippen MR) is 87.5 cm³/mol. The van der Waals surface area contributed by atoms with Crippen LogP contribution in [0.15, 0.2) is 34.8 Å². The van der Waals surface area contributed by atoms with Gasteiger partial charge in [-0.1, -0.05) is 34.1 Å². The van der Waals surface area contributed by atoms with E-state index in [1.807, 2.05) is 39.1 Å². The maximum absolute atomic E-state index is 14.3. The van der Waals surface area contributed by atoms with E-state index in [2.05, 4.69) is 21.2 Å². The molecule has 4 heteroatoms. The number of hydrogen-bond donors (Lipinski definition) is 1. The van der Waals surface area contributed by atoms with Crippen molar-refractivity contribution < 1.29 is 9.13 Å². The molecule has 0 aliphatic carbocycles. The summed E-state index contributed by atoms with van der Waals surface area (Å²) >= 11 is 3.44. The fourth-order valence-electron chi connectivity index (χ4n) is 2.55. The van der Waals surface area contributed by atoms with Crippen LogP contribution in [-0.4, -0.2) is 14.2 Å². The normalized spacial score (nSPS) is 12.3. The number of methoxy groups -OCH3 is 1. The third-order valence-corrected chi connectivity index (χ3v) is 4.49. The lowest BCUT2D eigenvalue weighted by atomic mass is 9.94. The van der Waals surface area contributed by atoms with Gasteiger partial charge in [0.25, 0.3) is 0 Å². The van der Waals surface area contributed by atoms with Crippen LogP contribution in [0.1, 0.15) is 28.3 Å². The molecule has 0 saturated heterocycles. The average molecular weight is 352 g/mol. The van der Waals surface area contributed by atoms with Crippen molar-refractivity contribution in [3.05, 3.63) is 62.9 Å². The van der Waals surface area contributed by atoms with Crippen LogP contribution in [0, 0.1) is 19.7 Å². The van der Waals surface area contributed by atoms with Gasteiger partial charge in [0.1, 0.15) is 11.6 Å². The molecule has 2 aromatic rings. The minimum absolute atomic E-state index is 0.246. The molecule has 0 amide bonds. The Kier molecular flexibility index (Phi) is 5.01. The molecule has 2 aromatic carbocycles. The highest BCUT2D eigenvalue weighted by Crippen LogP contribution is 2.37. The third-order valence-electron chi connectivity index (χ3n) is 3.80. The number of halogens is 2. The first-order valence-electron chi connectivity index (χ1n) is 6.76. The van der Waals surface area contributed by atoms with Gasteiger partial charge in [-0.3, -0.25) is 0 Å². The maximum atomic E-state index is 14.3. The number of hydrogen-bond acceptors (Lipinski definition) is 2. The Balaban J connectivity index is 2.65. The molecule has 2 rings (SSSR count). The first-order valence-corrected chi connectivity index (χ1v) is 7.55. The van der Waals surface area contributed by atoms with Crippen LogP contribution in [-0.2, 0) is 0 Å². The molecule has 0 spiro atoms. The van der Waals surface area contributed by atoms with Crippen LogP contribution in [0.25, 0.3) is 0 Å². The summed E-state index contributed by atoms with van der Waals surface area (Å²) in [6, 6.07) is 8.74. The van der Waals surface area contributed by atoms with Crippen LogP contribution >= 0.6 is 15.9 Å². The van der Waals surface area contributed by atoms with E-state index in [9.17, 15) is 4.39 Å². The molecule has 0 heterocycles. The second-order valence-corrected chi connectivity index (χ2v) is 5.84. The lowest BCUT2D eigenvalue weighted by Crippen LogP contribution is -2.20. The second-order valence-electron chi connectivity index (χ2n) is 4.99. The van der Waals surface area contributed by atoms with Crippen LogP contribution in [0.4, 0.5) is 4.39 Å². The monoisotopic (exact) mass is 351 g/mol. The van der Waals surface area contributed by atoms with Gasteiger partial charge >= 0.3 is 0 Å². The van der Waals surface area contributed by atoms with Gasteiger partial charge in [-0.25, -0.2) is 4.39 Å². The Bertz CT molecular complexity index is 637. The highest BCUT2D eigenvalue weighted by Gasteiger charge is 2.23. The second kappa shape index (κ2) is 6.58. The summed E-state index contributed by atoms with van der Waals surface area (Å²) in [5.41, 5.74) is 3.73. The summed E-state index contributed by atoms with van der Waals surface area (Å²) in [6.45, 7) is 4.05. The molecule has 0 aliphatic rings. The summed E-state index contributed by atoms with van der Waals surface area (Å²) in [4.78, 5) is 0. The van der Waals surface area contributed by atoms with Crippen molar-refractivity contribution in [3.8, 4) is 5.75 Å². The van der Waals surface area contributed by atoms with Crippen molar-refractivity contribution in [2.45, 2.75) is 19.9 Å². The van der Waals surface area contributed by atoms with Crippen molar-refractivity contribution in [2.75, 3.05) is 14.2 Å². The number of aryl methyl sites for hydroxylation is 1. The van der Waals surface area contributed by atoms with Gasteiger partial charge < -0.3 is 10.1 Å². The molecule has 0 bridgehead atoms. The van der Waals surface area contributed by atoms with Gasteiger partial charge in [0, 0.05) is 15.6 Å². The van der Waals surface area contributed by atoms with Crippen molar-refractivity contribution in [2.24, 2.45) is 0 Å². The van der Waals surface area contributed by atoms with E-state index in [4.69, 9.17) is 4.74 Å². The Morgan fingerprint density at radius 3 is 2.48 bits per heavy atom. The number of ether oxygens (including phenoxy) is 1. The topological polar surface area (TPSA) is 21.3 Å². The van der Waals surface area contributed by atoms with Gasteiger partial charge in [-0.05, 0) is 44.2 Å². The fourth-order valence-corrected chi connectivity index (χ4v) is 3.12. The predicted octanol–water partition coefficient (Wildman–Crippen LogP) is 4.52. The van der Waals surface area contributed by atoms with Crippen LogP contribution in [0.3, 0.4) is 0 Å². The fraction of sp³-hybridized carbons (Fsp3) is 0.294. The minimum Gasteiger partial charge on any atom is -0.496 e. The largest absolute Gasteiger partial charge is 0.496 e. The SMILES string of the molecule is CNC(c1ccc(C)c(C)c1OC)c1c(F)cccc1Br. The van der Waals surface area contributed by atoms with Gasteiger partial charge in [0.15, 0.2) is 0 Å². The molecule has 0 saturated carbocycles. The van der Waals surface area contributed by atoms with Crippen LogP contribution in [0.5, 0.6) is 5.75 Å². The molecule has 0 fully saturated rings. The molecule has 0 radical (unpaired) electrons. The molecule has 0 aliphatic heterocycles. The lowest BCUT2D eigenvalue weighted by Gasteiger charge is -2.23. The summed E-state index contributed by atoms with van der Waals surface area (Å²) in [6.07, 6.45) is 0. The molecule has 21 heavy (non-hydrogen) atoms. The standard InChI is InChI=1S/C17H19BrFNO/c1-10-8-9-12(17(21-4)11(10)2)16(20-3)15-13(18)6-5-7-14(15)19/h5-9,16,20H,1-4H3. The van der Waals surface area contributed by atoms with Gasteiger partial charge in [0.05, 0.1) is 13.2 Å². The molecule has 1 unspecified atom stereocenters. The summed E-state index contributed by atoms with van der Waals surface area (Å²) < 4.78 is 20.6. The Morgan fingerprint density at radius 1 is 1.19 bits per heavy atom. The van der Waals surface area contributed by atoms with Crippen molar-refractivity contribution in [1.29, 1.82) is 0 Å². The maximum Gasteiger partial charge on any atom is 0.129 e. The smallest absolute Gasteiger partial charge is 0.129 e. The summed E-state index contributed by atoms with van der Waals surface area (Å²) in [7, 11) is 3.46. The van der Waals surface area contributed by atoms with Crippen molar-refractivity contribution >= 4 is 15.9 Å². The molecular formula is C17H19BrFNO. The number of rotatable bonds is 4. The Hall–Kier alpha value is -1.39. The Morgan fingerprint density at radius 2 is 1.90 bits per heavy atom. The van der Waals surface area contributed by atoms with E-state index in [-0.39, 0.29) is 11.9 Å². The zero-order chi connectivity index (χ0) is 15.6. The molecule has 1 atom stereocenters. The summed E-state index contributed by atoms with van der Waals surface area (Å²) in [5, 5.41) is 3.19. The van der Waals surface area contributed by atoms with Crippen LogP contribution in [0.2, 0.25) is 0 Å². The average Bonchev–Trinajstić information content (AvgIpc) is 2.46. The zero-order valence-corrected chi connectivity index (χ0v) is 14.2. The molecule has 0 aromatic heterocycles. The highest BCUT2D eigenvalue weighted by atomic mass is 79.9. The van der Waals surface area contributed by atoms with Crippen molar-refractivity contribution in [3.63, 3.8) is 0 Å². The zero-order valence-electron chi connectivity index (χ0n) is 12.6. The van der Waals surface area contributed by atoms with Gasteiger partial charge in [-0.15, -0.1) is 0 Å². The summed E-state index contributed by atoms with van der Waals surface area (Å²) in [5.74, 6) is 0.550. The Labute approximate surface area is 133 Å². The highest BCUT2D eigenvalue weighted by molar-refractivity contribution is 9.10. The van der Waals surface area contributed by atoms with E-state index in [0.717, 1.165) is 26.9 Å². The first-order chi connectivity index (χ1) is 10.0. The van der Waals surface area contributed by atoms with E-state index in [0.29, 0.717) is 5.56 Å². The molecule has 1 N–H and O–H groups in total. The first kappa shape index (κ1) is 16.0. The van der Waals surface area contributed by atoms with Crippen molar-refractivity contribution in [1.82, 2.24) is 5.32 Å². The quantitative estimate of drug-likeness (QED) is 0.873. The van der Waals surface area contributed by atoms with E-state index >= 15 is 0 Å². The third kappa shape index (κ3) is 2.97. The number of benzene rings is 2. The van der Waals surface area contributed by atoms with E-state index in [1.54, 1.807) is 13.2 Å². The molecule has 2 nitrogen and oxygen atoms in total. The number of nitrogens with one attached hydrogen (secondary N) is 1. The minimum atomic E-state index is -0.283. The van der Waals surface area contributed by atoms with Gasteiger partial charge in [-0.2, -0.15) is 0 Å². The van der Waals surface area contributed by atoms with E-state index < -0.39 is 0 Å². The van der Waals surface area contributed by atoms with E-state index in [1.165, 1.54) is 6.07 Å². The molecule has 112 valence electrons. The van der Waals surface area contributed by atoms with Gasteiger partial charge in [0.2, 0.25) is 0 Å². The molecular weight excluding hydrogens is 333 g/mol. The lowest BCUT2D eigenvalue weighted by molar-refractivity contribution is 0.401.